The maximum absolute atomic E-state index is 4.71. The third kappa shape index (κ3) is 2.57. The highest BCUT2D eigenvalue weighted by Crippen LogP contribution is 2.22. The van der Waals surface area contributed by atoms with E-state index in [0.717, 1.165) is 17.0 Å². The molecule has 0 unspecified atom stereocenters. The summed E-state index contributed by atoms with van der Waals surface area (Å²) in [6.07, 6.45) is 5.69. The molecule has 2 rings (SSSR count). The molecule has 1 heteroatoms. The second-order valence-electron chi connectivity index (χ2n) is 4.30. The van der Waals surface area contributed by atoms with Crippen molar-refractivity contribution in [2.75, 3.05) is 0 Å². The van der Waals surface area contributed by atoms with Crippen molar-refractivity contribution in [2.24, 2.45) is 0 Å². The Morgan fingerprint density at radius 3 is 2.50 bits per heavy atom. The Kier molecular flexibility index (Phi) is 3.73. The van der Waals surface area contributed by atoms with Gasteiger partial charge in [-0.3, -0.25) is 0 Å². The molecule has 0 saturated carbocycles. The lowest BCUT2D eigenvalue weighted by atomic mass is 10.0. The third-order valence-corrected chi connectivity index (χ3v) is 3.03. The van der Waals surface area contributed by atoms with E-state index >= 15 is 0 Å². The first kappa shape index (κ1) is 12.3. The second kappa shape index (κ2) is 5.46. The topological polar surface area (TPSA) is 12.9 Å². The van der Waals surface area contributed by atoms with E-state index in [1.807, 2.05) is 30.4 Å². The van der Waals surface area contributed by atoms with Crippen molar-refractivity contribution in [3.63, 3.8) is 0 Å². The summed E-state index contributed by atoms with van der Waals surface area (Å²) in [6, 6.07) is 12.4. The van der Waals surface area contributed by atoms with Gasteiger partial charge in [0.1, 0.15) is 0 Å². The van der Waals surface area contributed by atoms with Crippen LogP contribution in [0, 0.1) is 13.8 Å². The van der Waals surface area contributed by atoms with E-state index in [4.69, 9.17) is 4.98 Å². The molecule has 0 amide bonds. The van der Waals surface area contributed by atoms with Gasteiger partial charge in [0.25, 0.3) is 0 Å². The minimum atomic E-state index is 1.01. The molecule has 1 aromatic carbocycles. The molecule has 0 radical (unpaired) electrons. The standard InChI is InChI=1S/C17H17N/c1-4-5-11-16-14(3)13(2)12-17(18-16)15-9-7-6-8-10-15/h4-12H,1H2,2-3H3/b11-5-. The average molecular weight is 235 g/mol. The minimum Gasteiger partial charge on any atom is -0.248 e. The zero-order valence-electron chi connectivity index (χ0n) is 10.9. The first-order valence-electron chi connectivity index (χ1n) is 6.05. The number of pyridine rings is 1. The smallest absolute Gasteiger partial charge is 0.0712 e. The SMILES string of the molecule is C=C/C=C\c1nc(-c2ccccc2)cc(C)c1C. The predicted molar refractivity (Wildman–Crippen MR) is 78.4 cm³/mol. The molecule has 0 aliphatic rings. The Hall–Kier alpha value is -2.15. The van der Waals surface area contributed by atoms with E-state index in [9.17, 15) is 0 Å². The van der Waals surface area contributed by atoms with Crippen molar-refractivity contribution >= 4 is 6.08 Å². The van der Waals surface area contributed by atoms with E-state index in [1.54, 1.807) is 6.08 Å². The van der Waals surface area contributed by atoms with Crippen LogP contribution in [0.5, 0.6) is 0 Å². The van der Waals surface area contributed by atoms with Gasteiger partial charge in [-0.05, 0) is 37.1 Å². The van der Waals surface area contributed by atoms with Crippen LogP contribution in [0.25, 0.3) is 17.3 Å². The van der Waals surface area contributed by atoms with Crippen molar-refractivity contribution in [3.05, 3.63) is 72.0 Å². The van der Waals surface area contributed by atoms with Gasteiger partial charge in [-0.1, -0.05) is 49.1 Å². The van der Waals surface area contributed by atoms with Crippen molar-refractivity contribution < 1.29 is 0 Å². The molecule has 0 spiro atoms. The Balaban J connectivity index is 2.54. The summed E-state index contributed by atoms with van der Waals surface area (Å²) in [7, 11) is 0. The lowest BCUT2D eigenvalue weighted by Crippen LogP contribution is -1.94. The quantitative estimate of drug-likeness (QED) is 0.710. The molecule has 1 aromatic heterocycles. The zero-order chi connectivity index (χ0) is 13.0. The molecular weight excluding hydrogens is 218 g/mol. The molecule has 18 heavy (non-hydrogen) atoms. The molecule has 1 heterocycles. The Morgan fingerprint density at radius 2 is 1.83 bits per heavy atom. The van der Waals surface area contributed by atoms with Crippen LogP contribution in [-0.4, -0.2) is 4.98 Å². The van der Waals surface area contributed by atoms with Crippen molar-refractivity contribution in [1.29, 1.82) is 0 Å². The van der Waals surface area contributed by atoms with Crippen LogP contribution in [0.3, 0.4) is 0 Å². The van der Waals surface area contributed by atoms with Crippen LogP contribution in [-0.2, 0) is 0 Å². The van der Waals surface area contributed by atoms with Crippen LogP contribution in [0.2, 0.25) is 0 Å². The average Bonchev–Trinajstić information content (AvgIpc) is 2.41. The molecule has 0 fully saturated rings. The highest BCUT2D eigenvalue weighted by molar-refractivity contribution is 5.64. The lowest BCUT2D eigenvalue weighted by molar-refractivity contribution is 1.19. The molecule has 0 aliphatic heterocycles. The first-order chi connectivity index (χ1) is 8.72. The van der Waals surface area contributed by atoms with Gasteiger partial charge in [-0.15, -0.1) is 0 Å². The normalized spacial score (nSPS) is 10.8. The van der Waals surface area contributed by atoms with E-state index in [2.05, 4.69) is 38.6 Å². The fraction of sp³-hybridized carbons (Fsp3) is 0.118. The van der Waals surface area contributed by atoms with E-state index in [1.165, 1.54) is 11.1 Å². The largest absolute Gasteiger partial charge is 0.248 e. The van der Waals surface area contributed by atoms with Crippen LogP contribution in [0.15, 0.2) is 55.1 Å². The highest BCUT2D eigenvalue weighted by Gasteiger charge is 2.05. The molecule has 0 aliphatic carbocycles. The molecule has 0 bridgehead atoms. The summed E-state index contributed by atoms with van der Waals surface area (Å²) in [4.78, 5) is 4.71. The maximum atomic E-state index is 4.71. The van der Waals surface area contributed by atoms with Crippen LogP contribution in [0.4, 0.5) is 0 Å². The van der Waals surface area contributed by atoms with Gasteiger partial charge >= 0.3 is 0 Å². The minimum absolute atomic E-state index is 1.01. The lowest BCUT2D eigenvalue weighted by Gasteiger charge is -2.08. The summed E-state index contributed by atoms with van der Waals surface area (Å²) in [5.41, 5.74) is 5.64. The summed E-state index contributed by atoms with van der Waals surface area (Å²) in [6.45, 7) is 7.91. The first-order valence-corrected chi connectivity index (χ1v) is 6.05. The Bertz CT molecular complexity index is 580. The summed E-state index contributed by atoms with van der Waals surface area (Å²) >= 11 is 0. The molecular formula is C17H17N. The summed E-state index contributed by atoms with van der Waals surface area (Å²) < 4.78 is 0. The fourth-order valence-corrected chi connectivity index (χ4v) is 1.84. The number of aryl methyl sites for hydroxylation is 1. The maximum Gasteiger partial charge on any atom is 0.0712 e. The van der Waals surface area contributed by atoms with E-state index < -0.39 is 0 Å². The monoisotopic (exact) mass is 235 g/mol. The summed E-state index contributed by atoms with van der Waals surface area (Å²) in [5.74, 6) is 0. The second-order valence-corrected chi connectivity index (χ2v) is 4.30. The van der Waals surface area contributed by atoms with Crippen LogP contribution >= 0.6 is 0 Å². The van der Waals surface area contributed by atoms with Crippen molar-refractivity contribution in [2.45, 2.75) is 13.8 Å². The molecule has 0 N–H and O–H groups in total. The Morgan fingerprint density at radius 1 is 1.11 bits per heavy atom. The van der Waals surface area contributed by atoms with E-state index in [0.29, 0.717) is 0 Å². The van der Waals surface area contributed by atoms with Crippen LogP contribution in [0.1, 0.15) is 16.8 Å². The zero-order valence-corrected chi connectivity index (χ0v) is 10.9. The number of allylic oxidation sites excluding steroid dienone is 2. The molecule has 2 aromatic rings. The number of benzene rings is 1. The highest BCUT2D eigenvalue weighted by atomic mass is 14.7. The molecule has 1 nitrogen and oxygen atoms in total. The van der Waals surface area contributed by atoms with Gasteiger partial charge in [0.2, 0.25) is 0 Å². The van der Waals surface area contributed by atoms with Gasteiger partial charge in [-0.2, -0.15) is 0 Å². The van der Waals surface area contributed by atoms with Gasteiger partial charge in [0, 0.05) is 5.56 Å². The van der Waals surface area contributed by atoms with Crippen molar-refractivity contribution in [3.8, 4) is 11.3 Å². The fourth-order valence-electron chi connectivity index (χ4n) is 1.84. The molecule has 0 saturated heterocycles. The van der Waals surface area contributed by atoms with Gasteiger partial charge < -0.3 is 0 Å². The summed E-state index contributed by atoms with van der Waals surface area (Å²) in [5, 5.41) is 0. The predicted octanol–water partition coefficient (Wildman–Crippen LogP) is 4.56. The third-order valence-electron chi connectivity index (χ3n) is 3.03. The molecule has 0 atom stereocenters. The Labute approximate surface area is 109 Å². The van der Waals surface area contributed by atoms with Crippen molar-refractivity contribution in [1.82, 2.24) is 4.98 Å². The molecule has 90 valence electrons. The number of hydrogen-bond acceptors (Lipinski definition) is 1. The van der Waals surface area contributed by atoms with Gasteiger partial charge in [0.05, 0.1) is 11.4 Å². The van der Waals surface area contributed by atoms with E-state index in [-0.39, 0.29) is 0 Å². The number of aromatic nitrogens is 1. The van der Waals surface area contributed by atoms with Gasteiger partial charge in [0.15, 0.2) is 0 Å². The van der Waals surface area contributed by atoms with Gasteiger partial charge in [-0.25, -0.2) is 4.98 Å². The number of nitrogens with zero attached hydrogens (tertiary/aromatic N) is 1. The van der Waals surface area contributed by atoms with Crippen LogP contribution < -0.4 is 0 Å². The number of hydrogen-bond donors (Lipinski definition) is 0. The number of rotatable bonds is 3.